The van der Waals surface area contributed by atoms with Crippen LogP contribution in [0.5, 0.6) is 0 Å². The average molecular weight is 215 g/mol. The van der Waals surface area contributed by atoms with Crippen LogP contribution in [0, 0.1) is 11.3 Å². The number of nitrogens with zero attached hydrogens (tertiary/aromatic N) is 1. The number of hydrogen-bond acceptors (Lipinski definition) is 2. The van der Waals surface area contributed by atoms with Crippen molar-refractivity contribution in [1.82, 2.24) is 0 Å². The number of methoxy groups -OCH3 is 1. The summed E-state index contributed by atoms with van der Waals surface area (Å²) in [6.45, 7) is 0. The van der Waals surface area contributed by atoms with Crippen LogP contribution in [0.3, 0.4) is 0 Å². The molecule has 1 aromatic rings. The first-order chi connectivity index (χ1) is 6.98. The SMILES string of the molecule is CO[C@@](C#N)(c1ccccc1)C(F)(F)F. The van der Waals surface area contributed by atoms with E-state index in [1.165, 1.54) is 30.3 Å². The van der Waals surface area contributed by atoms with Gasteiger partial charge in [0.15, 0.2) is 0 Å². The summed E-state index contributed by atoms with van der Waals surface area (Å²) in [6, 6.07) is 8.00. The zero-order chi connectivity index (χ0) is 11.5. The molecular formula is C10H8F3NO. The van der Waals surface area contributed by atoms with E-state index in [0.717, 1.165) is 7.11 Å². The highest BCUT2D eigenvalue weighted by Gasteiger charge is 2.57. The molecule has 1 atom stereocenters. The molecule has 0 unspecified atom stereocenters. The van der Waals surface area contributed by atoms with E-state index in [4.69, 9.17) is 5.26 Å². The van der Waals surface area contributed by atoms with Gasteiger partial charge < -0.3 is 4.74 Å². The van der Waals surface area contributed by atoms with Gasteiger partial charge in [-0.05, 0) is 0 Å². The van der Waals surface area contributed by atoms with Crippen molar-refractivity contribution in [3.63, 3.8) is 0 Å². The van der Waals surface area contributed by atoms with Gasteiger partial charge in [-0.3, -0.25) is 0 Å². The van der Waals surface area contributed by atoms with Crippen molar-refractivity contribution < 1.29 is 17.9 Å². The van der Waals surface area contributed by atoms with E-state index in [0.29, 0.717) is 0 Å². The maximum Gasteiger partial charge on any atom is 0.435 e. The average Bonchev–Trinajstić information content (AvgIpc) is 2.20. The minimum atomic E-state index is -4.77. The van der Waals surface area contributed by atoms with Gasteiger partial charge >= 0.3 is 6.18 Å². The molecule has 2 nitrogen and oxygen atoms in total. The van der Waals surface area contributed by atoms with Crippen molar-refractivity contribution in [3.05, 3.63) is 35.9 Å². The highest BCUT2D eigenvalue weighted by atomic mass is 19.4. The molecule has 0 aromatic heterocycles. The van der Waals surface area contributed by atoms with Crippen molar-refractivity contribution in [2.75, 3.05) is 7.11 Å². The first-order valence-electron chi connectivity index (χ1n) is 4.06. The summed E-state index contributed by atoms with van der Waals surface area (Å²) in [5, 5.41) is 8.67. The Morgan fingerprint density at radius 1 is 1.20 bits per heavy atom. The summed E-state index contributed by atoms with van der Waals surface area (Å²) in [6.07, 6.45) is -4.77. The molecule has 0 aliphatic heterocycles. The Bertz CT molecular complexity index is 368. The fourth-order valence-electron chi connectivity index (χ4n) is 1.24. The third-order valence-electron chi connectivity index (χ3n) is 2.04. The molecule has 5 heteroatoms. The van der Waals surface area contributed by atoms with Gasteiger partial charge in [-0.1, -0.05) is 30.3 Å². The normalized spacial score (nSPS) is 15.4. The Morgan fingerprint density at radius 3 is 2.07 bits per heavy atom. The molecule has 0 amide bonds. The van der Waals surface area contributed by atoms with Gasteiger partial charge in [-0.2, -0.15) is 18.4 Å². The van der Waals surface area contributed by atoms with Crippen LogP contribution in [0.1, 0.15) is 5.56 Å². The molecule has 0 aliphatic rings. The summed E-state index contributed by atoms with van der Waals surface area (Å²) in [5.41, 5.74) is -3.10. The lowest BCUT2D eigenvalue weighted by Gasteiger charge is -2.27. The van der Waals surface area contributed by atoms with E-state index in [1.54, 1.807) is 6.07 Å². The second kappa shape index (κ2) is 3.91. The van der Waals surface area contributed by atoms with Gasteiger partial charge in [0, 0.05) is 12.7 Å². The number of nitriles is 1. The van der Waals surface area contributed by atoms with E-state index in [9.17, 15) is 13.2 Å². The maximum atomic E-state index is 12.7. The van der Waals surface area contributed by atoms with Crippen LogP contribution in [-0.4, -0.2) is 13.3 Å². The molecule has 15 heavy (non-hydrogen) atoms. The Kier molecular flexibility index (Phi) is 3.01. The predicted octanol–water partition coefficient (Wildman–Crippen LogP) is 2.61. The van der Waals surface area contributed by atoms with Gasteiger partial charge in [0.1, 0.15) is 6.07 Å². The summed E-state index contributed by atoms with van der Waals surface area (Å²) in [4.78, 5) is 0. The number of ether oxygens (including phenoxy) is 1. The number of hydrogen-bond donors (Lipinski definition) is 0. The Balaban J connectivity index is 3.33. The topological polar surface area (TPSA) is 33.0 Å². The third kappa shape index (κ3) is 1.81. The fraction of sp³-hybridized carbons (Fsp3) is 0.300. The molecule has 1 rings (SSSR count). The smallest absolute Gasteiger partial charge is 0.352 e. The molecule has 0 N–H and O–H groups in total. The number of rotatable bonds is 2. The number of halogens is 3. The van der Waals surface area contributed by atoms with Crippen LogP contribution < -0.4 is 0 Å². The number of alkyl halides is 3. The number of benzene rings is 1. The van der Waals surface area contributed by atoms with E-state index in [1.807, 2.05) is 0 Å². The van der Waals surface area contributed by atoms with Crippen molar-refractivity contribution in [1.29, 1.82) is 5.26 Å². The fourth-order valence-corrected chi connectivity index (χ4v) is 1.24. The second-order valence-electron chi connectivity index (χ2n) is 2.86. The molecule has 0 fully saturated rings. The lowest BCUT2D eigenvalue weighted by molar-refractivity contribution is -0.251. The van der Waals surface area contributed by atoms with Crippen molar-refractivity contribution in [2.45, 2.75) is 11.8 Å². The van der Waals surface area contributed by atoms with Gasteiger partial charge in [0.25, 0.3) is 5.60 Å². The van der Waals surface area contributed by atoms with Gasteiger partial charge in [0.05, 0.1) is 0 Å². The first-order valence-corrected chi connectivity index (χ1v) is 4.06. The van der Waals surface area contributed by atoms with Gasteiger partial charge in [-0.15, -0.1) is 0 Å². The zero-order valence-corrected chi connectivity index (χ0v) is 7.88. The first kappa shape index (κ1) is 11.5. The molecule has 0 spiro atoms. The predicted molar refractivity (Wildman–Crippen MR) is 46.8 cm³/mol. The largest absolute Gasteiger partial charge is 0.435 e. The van der Waals surface area contributed by atoms with Crippen LogP contribution in [0.15, 0.2) is 30.3 Å². The highest BCUT2D eigenvalue weighted by Crippen LogP contribution is 2.41. The van der Waals surface area contributed by atoms with E-state index in [2.05, 4.69) is 4.74 Å². The van der Waals surface area contributed by atoms with Crippen molar-refractivity contribution in [2.24, 2.45) is 0 Å². The minimum Gasteiger partial charge on any atom is -0.352 e. The van der Waals surface area contributed by atoms with Gasteiger partial charge in [0.2, 0.25) is 0 Å². The maximum absolute atomic E-state index is 12.7. The standard InChI is InChI=1S/C10H8F3NO/c1-15-9(7-14,10(11,12)13)8-5-3-2-4-6-8/h2-6H,1H3/t9-/m0/s1. The molecule has 0 aliphatic carbocycles. The molecule has 0 saturated carbocycles. The molecule has 1 aromatic carbocycles. The third-order valence-corrected chi connectivity index (χ3v) is 2.04. The van der Waals surface area contributed by atoms with E-state index >= 15 is 0 Å². The van der Waals surface area contributed by atoms with E-state index in [-0.39, 0.29) is 5.56 Å². The van der Waals surface area contributed by atoms with Crippen LogP contribution in [0.25, 0.3) is 0 Å². The van der Waals surface area contributed by atoms with Crippen LogP contribution >= 0.6 is 0 Å². The Hall–Kier alpha value is -1.54. The van der Waals surface area contributed by atoms with Crippen LogP contribution in [0.4, 0.5) is 13.2 Å². The van der Waals surface area contributed by atoms with Gasteiger partial charge in [-0.25, -0.2) is 0 Å². The summed E-state index contributed by atoms with van der Waals surface area (Å²) < 4.78 is 42.5. The summed E-state index contributed by atoms with van der Waals surface area (Å²) >= 11 is 0. The summed E-state index contributed by atoms with van der Waals surface area (Å²) in [7, 11) is 0.865. The van der Waals surface area contributed by atoms with Crippen molar-refractivity contribution >= 4 is 0 Å². The molecule has 80 valence electrons. The zero-order valence-electron chi connectivity index (χ0n) is 7.88. The molecule has 0 radical (unpaired) electrons. The van der Waals surface area contributed by atoms with Crippen LogP contribution in [-0.2, 0) is 10.3 Å². The minimum absolute atomic E-state index is 0.220. The highest BCUT2D eigenvalue weighted by molar-refractivity contribution is 5.31. The summed E-state index contributed by atoms with van der Waals surface area (Å²) in [5.74, 6) is 0. The lowest BCUT2D eigenvalue weighted by Crippen LogP contribution is -2.42. The Morgan fingerprint density at radius 2 is 1.73 bits per heavy atom. The second-order valence-corrected chi connectivity index (χ2v) is 2.86. The monoisotopic (exact) mass is 215 g/mol. The van der Waals surface area contributed by atoms with Crippen LogP contribution in [0.2, 0.25) is 0 Å². The molecule has 0 saturated heterocycles. The molecule has 0 bridgehead atoms. The van der Waals surface area contributed by atoms with Crippen molar-refractivity contribution in [3.8, 4) is 6.07 Å². The Labute approximate surface area is 84.9 Å². The lowest BCUT2D eigenvalue weighted by atomic mass is 9.94. The molecular weight excluding hydrogens is 207 g/mol. The molecule has 0 heterocycles. The van der Waals surface area contributed by atoms with E-state index < -0.39 is 11.8 Å². The quantitative estimate of drug-likeness (QED) is 0.759.